The summed E-state index contributed by atoms with van der Waals surface area (Å²) in [5.74, 6) is 1.53. The third kappa shape index (κ3) is 2.66. The largest absolute Gasteiger partial charge is 0.341 e. The van der Waals surface area contributed by atoms with Crippen LogP contribution in [0.15, 0.2) is 35.4 Å². The van der Waals surface area contributed by atoms with Gasteiger partial charge in [-0.1, -0.05) is 11.6 Å². The summed E-state index contributed by atoms with van der Waals surface area (Å²) in [5.41, 5.74) is 1.82. The molecular weight excluding hydrogens is 330 g/mol. The van der Waals surface area contributed by atoms with E-state index in [1.165, 1.54) is 0 Å². The highest BCUT2D eigenvalue weighted by Gasteiger charge is 2.12. The van der Waals surface area contributed by atoms with E-state index in [0.717, 1.165) is 16.9 Å². The van der Waals surface area contributed by atoms with Crippen molar-refractivity contribution in [3.05, 3.63) is 57.6 Å². The van der Waals surface area contributed by atoms with Crippen molar-refractivity contribution in [2.24, 2.45) is 0 Å². The quantitative estimate of drug-likeness (QED) is 0.586. The molecule has 3 heterocycles. The van der Waals surface area contributed by atoms with Gasteiger partial charge in [0.25, 0.3) is 5.56 Å². The Morgan fingerprint density at radius 1 is 1.29 bits per heavy atom. The summed E-state index contributed by atoms with van der Waals surface area (Å²) < 4.78 is 1.69. The monoisotopic (exact) mass is 343 g/mol. The van der Waals surface area contributed by atoms with Gasteiger partial charge in [-0.05, 0) is 25.2 Å². The van der Waals surface area contributed by atoms with Crippen LogP contribution in [-0.4, -0.2) is 41.5 Å². The first-order valence-electron chi connectivity index (χ1n) is 7.34. The van der Waals surface area contributed by atoms with Crippen LogP contribution in [0.25, 0.3) is 16.7 Å². The first-order chi connectivity index (χ1) is 11.6. The van der Waals surface area contributed by atoms with Gasteiger partial charge in [0, 0.05) is 17.4 Å². The number of nitrogens with one attached hydrogen (secondary N) is 2. The summed E-state index contributed by atoms with van der Waals surface area (Å²) in [6.07, 6.45) is 3.31. The van der Waals surface area contributed by atoms with E-state index in [9.17, 15) is 4.79 Å². The first kappa shape index (κ1) is 14.9. The molecule has 0 amide bonds. The Morgan fingerprint density at radius 2 is 2.17 bits per heavy atom. The Balaban J connectivity index is 1.55. The van der Waals surface area contributed by atoms with E-state index in [4.69, 9.17) is 11.6 Å². The van der Waals surface area contributed by atoms with Crippen molar-refractivity contribution in [1.82, 2.24) is 34.4 Å². The standard InChI is InChI=1S/C15H14ClN7O/c1-22(7-12-18-10-3-2-9(16)6-11(10)19-12)8-13-20-21-14-15(24)17-4-5-23(13)14/h2-6H,7-8H2,1H3,(H,17,24)(H,18,19). The number of benzene rings is 1. The lowest BCUT2D eigenvalue weighted by Crippen LogP contribution is -2.20. The van der Waals surface area contributed by atoms with E-state index in [2.05, 4.69) is 25.1 Å². The van der Waals surface area contributed by atoms with Gasteiger partial charge in [0.1, 0.15) is 5.82 Å². The molecule has 0 bridgehead atoms. The zero-order valence-corrected chi connectivity index (χ0v) is 13.6. The van der Waals surface area contributed by atoms with Crippen LogP contribution in [0.4, 0.5) is 0 Å². The molecule has 0 fully saturated rings. The van der Waals surface area contributed by atoms with Crippen LogP contribution >= 0.6 is 11.6 Å². The molecule has 0 saturated heterocycles. The number of rotatable bonds is 4. The molecular formula is C15H14ClN7O. The van der Waals surface area contributed by atoms with Crippen molar-refractivity contribution in [2.75, 3.05) is 7.05 Å². The Hall–Kier alpha value is -2.71. The van der Waals surface area contributed by atoms with Gasteiger partial charge in [0.15, 0.2) is 5.82 Å². The lowest BCUT2D eigenvalue weighted by atomic mass is 10.3. The van der Waals surface area contributed by atoms with Gasteiger partial charge < -0.3 is 9.97 Å². The minimum absolute atomic E-state index is 0.256. The molecule has 0 atom stereocenters. The highest BCUT2D eigenvalue weighted by Crippen LogP contribution is 2.17. The molecule has 4 rings (SSSR count). The van der Waals surface area contributed by atoms with Crippen molar-refractivity contribution in [3.63, 3.8) is 0 Å². The molecule has 2 N–H and O–H groups in total. The summed E-state index contributed by atoms with van der Waals surface area (Å²) in [6.45, 7) is 1.13. The summed E-state index contributed by atoms with van der Waals surface area (Å²) in [6, 6.07) is 5.56. The minimum atomic E-state index is -0.256. The average molecular weight is 344 g/mol. The zero-order valence-electron chi connectivity index (χ0n) is 12.8. The average Bonchev–Trinajstić information content (AvgIpc) is 3.11. The number of imidazole rings is 1. The van der Waals surface area contributed by atoms with Crippen LogP contribution < -0.4 is 5.56 Å². The maximum absolute atomic E-state index is 11.7. The molecule has 9 heteroatoms. The molecule has 0 radical (unpaired) electrons. The normalized spacial score (nSPS) is 11.8. The second-order valence-corrected chi connectivity index (χ2v) is 6.05. The Morgan fingerprint density at radius 3 is 3.04 bits per heavy atom. The van der Waals surface area contributed by atoms with Crippen LogP contribution in [0.3, 0.4) is 0 Å². The van der Waals surface area contributed by atoms with Crippen LogP contribution in [0.2, 0.25) is 5.02 Å². The minimum Gasteiger partial charge on any atom is -0.341 e. The second-order valence-electron chi connectivity index (χ2n) is 5.62. The molecule has 0 saturated carbocycles. The fourth-order valence-corrected chi connectivity index (χ4v) is 2.83. The molecule has 8 nitrogen and oxygen atoms in total. The molecule has 0 aliphatic rings. The molecule has 4 aromatic rings. The van der Waals surface area contributed by atoms with Crippen LogP contribution in [0.1, 0.15) is 11.6 Å². The van der Waals surface area contributed by atoms with Gasteiger partial charge in [0.2, 0.25) is 5.65 Å². The highest BCUT2D eigenvalue weighted by molar-refractivity contribution is 6.31. The predicted octanol–water partition coefficient (Wildman–Crippen LogP) is 1.58. The van der Waals surface area contributed by atoms with Crippen molar-refractivity contribution in [3.8, 4) is 0 Å². The highest BCUT2D eigenvalue weighted by atomic mass is 35.5. The third-order valence-electron chi connectivity index (χ3n) is 3.73. The third-order valence-corrected chi connectivity index (χ3v) is 3.97. The van der Waals surface area contributed by atoms with Crippen LogP contribution in [0.5, 0.6) is 0 Å². The smallest absolute Gasteiger partial charge is 0.293 e. The fourth-order valence-electron chi connectivity index (χ4n) is 2.66. The van der Waals surface area contributed by atoms with Gasteiger partial charge in [0.05, 0.1) is 24.1 Å². The van der Waals surface area contributed by atoms with Crippen molar-refractivity contribution in [2.45, 2.75) is 13.1 Å². The molecule has 0 spiro atoms. The van der Waals surface area contributed by atoms with E-state index in [1.54, 1.807) is 16.8 Å². The number of hydrogen-bond donors (Lipinski definition) is 2. The Labute approximate surface area is 141 Å². The van der Waals surface area contributed by atoms with Crippen LogP contribution in [-0.2, 0) is 13.1 Å². The SMILES string of the molecule is CN(Cc1nc2ccc(Cl)cc2[nH]1)Cc1nnc2c(=O)[nH]ccn12. The van der Waals surface area contributed by atoms with E-state index < -0.39 is 0 Å². The van der Waals surface area contributed by atoms with Gasteiger partial charge >= 0.3 is 0 Å². The van der Waals surface area contributed by atoms with Crippen molar-refractivity contribution < 1.29 is 0 Å². The number of halogens is 1. The zero-order chi connectivity index (χ0) is 16.7. The number of aromatic nitrogens is 6. The fraction of sp³-hybridized carbons (Fsp3) is 0.200. The number of aromatic amines is 2. The van der Waals surface area contributed by atoms with Gasteiger partial charge in [-0.2, -0.15) is 0 Å². The Bertz CT molecular complexity index is 1080. The van der Waals surface area contributed by atoms with Crippen molar-refractivity contribution >= 4 is 28.3 Å². The number of H-pyrrole nitrogens is 2. The summed E-state index contributed by atoms with van der Waals surface area (Å²) >= 11 is 5.99. The van der Waals surface area contributed by atoms with Gasteiger partial charge in [-0.3, -0.25) is 14.1 Å². The maximum atomic E-state index is 11.7. The molecule has 3 aromatic heterocycles. The molecule has 0 aliphatic carbocycles. The molecule has 122 valence electrons. The molecule has 1 aromatic carbocycles. The van der Waals surface area contributed by atoms with E-state index in [1.807, 2.05) is 30.1 Å². The summed E-state index contributed by atoms with van der Waals surface area (Å²) in [5, 5.41) is 8.69. The van der Waals surface area contributed by atoms with E-state index in [-0.39, 0.29) is 5.56 Å². The van der Waals surface area contributed by atoms with Crippen molar-refractivity contribution in [1.29, 1.82) is 0 Å². The topological polar surface area (TPSA) is 95.0 Å². The predicted molar refractivity (Wildman–Crippen MR) is 89.9 cm³/mol. The lowest BCUT2D eigenvalue weighted by molar-refractivity contribution is 0.302. The Kier molecular flexibility index (Phi) is 3.55. The van der Waals surface area contributed by atoms with Gasteiger partial charge in [-0.15, -0.1) is 10.2 Å². The van der Waals surface area contributed by atoms with Gasteiger partial charge in [-0.25, -0.2) is 4.98 Å². The van der Waals surface area contributed by atoms with Crippen LogP contribution in [0, 0.1) is 0 Å². The second kappa shape index (κ2) is 5.73. The number of fused-ring (bicyclic) bond motifs is 2. The molecule has 0 aliphatic heterocycles. The number of nitrogens with zero attached hydrogens (tertiary/aromatic N) is 5. The molecule has 0 unspecified atom stereocenters. The first-order valence-corrected chi connectivity index (χ1v) is 7.72. The van der Waals surface area contributed by atoms with E-state index in [0.29, 0.717) is 29.6 Å². The number of hydrogen-bond acceptors (Lipinski definition) is 5. The maximum Gasteiger partial charge on any atom is 0.293 e. The summed E-state index contributed by atoms with van der Waals surface area (Å²) in [4.78, 5) is 24.1. The van der Waals surface area contributed by atoms with E-state index >= 15 is 0 Å². The summed E-state index contributed by atoms with van der Waals surface area (Å²) in [7, 11) is 1.95. The molecule has 24 heavy (non-hydrogen) atoms. The lowest BCUT2D eigenvalue weighted by Gasteiger charge is -2.13.